The number of fused-ring (bicyclic) bond motifs is 2. The standard InChI is InChI=1S/C27H27N3O6/c1-19(33-2)35-18-36-26-22(31)13-14-29-25(26)27(32)28-15-16-34-17-23(28)30(29)24(20-9-5-3-6-10-20)21-11-7-4-8-12-21/h3-14,23-24H,1,15-18H2,2H3/t23-/m1/s1. The van der Waals surface area contributed by atoms with E-state index in [9.17, 15) is 9.59 Å². The van der Waals surface area contributed by atoms with E-state index < -0.39 is 11.6 Å². The number of carbonyl (C=O) groups is 1. The van der Waals surface area contributed by atoms with Crippen LogP contribution in [0.25, 0.3) is 0 Å². The van der Waals surface area contributed by atoms with Crippen LogP contribution in [0.15, 0.2) is 90.2 Å². The number of methoxy groups -OCH3 is 1. The number of morpholine rings is 1. The number of rotatable bonds is 8. The highest BCUT2D eigenvalue weighted by atomic mass is 16.7. The van der Waals surface area contributed by atoms with Gasteiger partial charge in [0.1, 0.15) is 6.17 Å². The van der Waals surface area contributed by atoms with E-state index in [0.29, 0.717) is 19.8 Å². The molecule has 2 aliphatic rings. The largest absolute Gasteiger partial charge is 0.469 e. The highest BCUT2D eigenvalue weighted by molar-refractivity contribution is 5.96. The summed E-state index contributed by atoms with van der Waals surface area (Å²) in [4.78, 5) is 28.4. The van der Waals surface area contributed by atoms with Gasteiger partial charge in [-0.05, 0) is 17.7 Å². The second-order valence-corrected chi connectivity index (χ2v) is 8.34. The van der Waals surface area contributed by atoms with Gasteiger partial charge in [-0.15, -0.1) is 0 Å². The second-order valence-electron chi connectivity index (χ2n) is 8.34. The van der Waals surface area contributed by atoms with Gasteiger partial charge in [-0.1, -0.05) is 60.7 Å². The number of nitrogens with zero attached hydrogens (tertiary/aromatic N) is 3. The van der Waals surface area contributed by atoms with Crippen molar-refractivity contribution in [3.05, 3.63) is 112 Å². The average molecular weight is 490 g/mol. The smallest absolute Gasteiger partial charge is 0.278 e. The van der Waals surface area contributed by atoms with Crippen molar-refractivity contribution < 1.29 is 23.7 Å². The molecule has 3 heterocycles. The molecule has 3 aromatic rings. The molecular weight excluding hydrogens is 462 g/mol. The molecule has 0 saturated carbocycles. The van der Waals surface area contributed by atoms with Crippen LogP contribution in [0.3, 0.4) is 0 Å². The quantitative estimate of drug-likeness (QED) is 0.356. The first-order valence-electron chi connectivity index (χ1n) is 11.6. The summed E-state index contributed by atoms with van der Waals surface area (Å²) in [6.07, 6.45) is 1.21. The Morgan fingerprint density at radius 3 is 2.36 bits per heavy atom. The van der Waals surface area contributed by atoms with Crippen LogP contribution < -0.4 is 15.2 Å². The van der Waals surface area contributed by atoms with Crippen LogP contribution in [0.5, 0.6) is 5.75 Å². The molecule has 9 heteroatoms. The maximum atomic E-state index is 13.7. The molecule has 0 unspecified atom stereocenters. The number of pyridine rings is 1. The highest BCUT2D eigenvalue weighted by Gasteiger charge is 2.44. The summed E-state index contributed by atoms with van der Waals surface area (Å²) in [6.45, 7) is 4.36. The summed E-state index contributed by atoms with van der Waals surface area (Å²) >= 11 is 0. The maximum Gasteiger partial charge on any atom is 0.278 e. The summed E-state index contributed by atoms with van der Waals surface area (Å²) in [5, 5.41) is 2.07. The minimum atomic E-state index is -0.427. The highest BCUT2D eigenvalue weighted by Crippen LogP contribution is 2.35. The molecule has 0 N–H and O–H groups in total. The fraction of sp³-hybridized carbons (Fsp3) is 0.259. The van der Waals surface area contributed by atoms with Gasteiger partial charge in [0.15, 0.2) is 5.69 Å². The van der Waals surface area contributed by atoms with E-state index in [-0.39, 0.29) is 36.1 Å². The third-order valence-electron chi connectivity index (χ3n) is 6.30. The lowest BCUT2D eigenvalue weighted by atomic mass is 9.97. The topological polar surface area (TPSA) is 82.5 Å². The van der Waals surface area contributed by atoms with Gasteiger partial charge in [0.25, 0.3) is 11.9 Å². The summed E-state index contributed by atoms with van der Waals surface area (Å²) in [5.41, 5.74) is 1.75. The maximum absolute atomic E-state index is 13.7. The predicted molar refractivity (Wildman–Crippen MR) is 132 cm³/mol. The van der Waals surface area contributed by atoms with Gasteiger partial charge in [-0.3, -0.25) is 19.3 Å². The molecular formula is C27H27N3O6. The van der Waals surface area contributed by atoms with Crippen molar-refractivity contribution in [1.82, 2.24) is 9.58 Å². The van der Waals surface area contributed by atoms with E-state index in [1.807, 2.05) is 60.7 Å². The monoisotopic (exact) mass is 489 g/mol. The molecule has 1 amide bonds. The molecule has 2 aromatic carbocycles. The zero-order valence-corrected chi connectivity index (χ0v) is 19.9. The van der Waals surface area contributed by atoms with E-state index in [1.165, 1.54) is 13.2 Å². The van der Waals surface area contributed by atoms with E-state index in [2.05, 4.69) is 11.6 Å². The SMILES string of the molecule is C=C(OC)OCOc1c2n(ccc1=O)N(C(c1ccccc1)c1ccccc1)[C@@H]1COCCN1C2=O. The van der Waals surface area contributed by atoms with Crippen LogP contribution in [-0.4, -0.2) is 55.3 Å². The van der Waals surface area contributed by atoms with Crippen molar-refractivity contribution in [3.63, 3.8) is 0 Å². The Morgan fingerprint density at radius 2 is 1.72 bits per heavy atom. The summed E-state index contributed by atoms with van der Waals surface area (Å²) in [6, 6.07) is 21.2. The number of hydrogen-bond donors (Lipinski definition) is 0. The molecule has 5 rings (SSSR count). The van der Waals surface area contributed by atoms with Crippen LogP contribution in [0.4, 0.5) is 0 Å². The Balaban J connectivity index is 1.68. The van der Waals surface area contributed by atoms with Gasteiger partial charge in [0.2, 0.25) is 18.0 Å². The molecule has 0 aliphatic carbocycles. The molecule has 186 valence electrons. The first kappa shape index (κ1) is 23.5. The summed E-state index contributed by atoms with van der Waals surface area (Å²) in [7, 11) is 1.41. The van der Waals surface area contributed by atoms with Crippen LogP contribution in [0, 0.1) is 0 Å². The molecule has 1 atom stereocenters. The van der Waals surface area contributed by atoms with Crippen molar-refractivity contribution in [3.8, 4) is 5.75 Å². The molecule has 0 bridgehead atoms. The number of benzene rings is 2. The fourth-order valence-corrected chi connectivity index (χ4v) is 4.64. The van der Waals surface area contributed by atoms with Crippen molar-refractivity contribution in [1.29, 1.82) is 0 Å². The number of ether oxygens (including phenoxy) is 4. The van der Waals surface area contributed by atoms with Crippen molar-refractivity contribution in [2.75, 3.05) is 38.7 Å². The Morgan fingerprint density at radius 1 is 1.06 bits per heavy atom. The molecule has 1 saturated heterocycles. The Labute approximate surface area is 208 Å². The Hall–Kier alpha value is -4.24. The minimum absolute atomic E-state index is 0.0364. The fourth-order valence-electron chi connectivity index (χ4n) is 4.64. The number of aromatic nitrogens is 1. The number of amides is 1. The number of hydrogen-bond acceptors (Lipinski definition) is 7. The van der Waals surface area contributed by atoms with Crippen molar-refractivity contribution in [2.45, 2.75) is 12.2 Å². The van der Waals surface area contributed by atoms with Crippen LogP contribution in [0.1, 0.15) is 27.7 Å². The van der Waals surface area contributed by atoms with Gasteiger partial charge in [0.05, 0.1) is 26.4 Å². The zero-order chi connectivity index (χ0) is 25.1. The van der Waals surface area contributed by atoms with Gasteiger partial charge < -0.3 is 23.8 Å². The lowest BCUT2D eigenvalue weighted by Gasteiger charge is -2.51. The normalized spacial score (nSPS) is 16.8. The molecule has 0 radical (unpaired) electrons. The van der Waals surface area contributed by atoms with E-state index in [0.717, 1.165) is 11.1 Å². The van der Waals surface area contributed by atoms with E-state index in [4.69, 9.17) is 18.9 Å². The van der Waals surface area contributed by atoms with Crippen LogP contribution in [0.2, 0.25) is 0 Å². The first-order valence-corrected chi connectivity index (χ1v) is 11.6. The van der Waals surface area contributed by atoms with Gasteiger partial charge >= 0.3 is 0 Å². The minimum Gasteiger partial charge on any atom is -0.469 e. The van der Waals surface area contributed by atoms with E-state index in [1.54, 1.807) is 15.8 Å². The molecule has 0 spiro atoms. The van der Waals surface area contributed by atoms with Crippen molar-refractivity contribution >= 4 is 5.91 Å². The van der Waals surface area contributed by atoms with E-state index >= 15 is 0 Å². The Kier molecular flexibility index (Phi) is 6.64. The molecule has 36 heavy (non-hydrogen) atoms. The average Bonchev–Trinajstić information content (AvgIpc) is 2.93. The molecule has 1 fully saturated rings. The van der Waals surface area contributed by atoms with Crippen LogP contribution >= 0.6 is 0 Å². The predicted octanol–water partition coefficient (Wildman–Crippen LogP) is 2.86. The lowest BCUT2D eigenvalue weighted by molar-refractivity contribution is -0.0237. The lowest BCUT2D eigenvalue weighted by Crippen LogP contribution is -2.66. The zero-order valence-electron chi connectivity index (χ0n) is 19.9. The van der Waals surface area contributed by atoms with Crippen molar-refractivity contribution in [2.24, 2.45) is 0 Å². The van der Waals surface area contributed by atoms with Gasteiger partial charge in [-0.2, -0.15) is 0 Å². The molecule has 9 nitrogen and oxygen atoms in total. The van der Waals surface area contributed by atoms with Gasteiger partial charge in [0, 0.05) is 18.8 Å². The third kappa shape index (κ3) is 4.29. The number of carbonyl (C=O) groups excluding carboxylic acids is 1. The Bertz CT molecular complexity index is 1250. The molecule has 2 aliphatic heterocycles. The summed E-state index contributed by atoms with van der Waals surface area (Å²) in [5.74, 6) is -0.367. The van der Waals surface area contributed by atoms with Crippen LogP contribution in [-0.2, 0) is 14.2 Å². The summed E-state index contributed by atoms with van der Waals surface area (Å²) < 4.78 is 23.4. The first-order chi connectivity index (χ1) is 17.6. The third-order valence-corrected chi connectivity index (χ3v) is 6.30. The molecule has 1 aromatic heterocycles. The van der Waals surface area contributed by atoms with Gasteiger partial charge in [-0.25, -0.2) is 0 Å². The second kappa shape index (κ2) is 10.2.